The minimum atomic E-state index is -0.449. The largest absolute Gasteiger partial charge is 0.366 e. The van der Waals surface area contributed by atoms with Crippen LogP contribution in [0, 0.1) is 23.2 Å². The van der Waals surface area contributed by atoms with Gasteiger partial charge >= 0.3 is 0 Å². The van der Waals surface area contributed by atoms with E-state index in [1.807, 2.05) is 49.6 Å². The van der Waals surface area contributed by atoms with E-state index in [1.165, 1.54) is 6.20 Å². The molecule has 150 valence electrons. The number of aryl methyl sites for hydroxylation is 1. The Kier molecular flexibility index (Phi) is 5.09. The minimum Gasteiger partial charge on any atom is -0.366 e. The average molecular weight is 406 g/mol. The molecule has 4 rings (SSSR count). The first-order valence-electron chi connectivity index (χ1n) is 9.45. The van der Waals surface area contributed by atoms with Gasteiger partial charge in [0.05, 0.1) is 18.1 Å². The van der Waals surface area contributed by atoms with Crippen molar-refractivity contribution in [2.75, 3.05) is 0 Å². The van der Waals surface area contributed by atoms with Crippen LogP contribution in [-0.2, 0) is 11.8 Å². The number of primary amides is 1. The maximum Gasteiger partial charge on any atom is 0.244 e. The summed E-state index contributed by atoms with van der Waals surface area (Å²) in [4.78, 5) is 15.5. The van der Waals surface area contributed by atoms with Gasteiger partial charge in [-0.05, 0) is 54.3 Å². The second kappa shape index (κ2) is 8.02. The van der Waals surface area contributed by atoms with E-state index in [9.17, 15) is 10.1 Å². The van der Waals surface area contributed by atoms with Gasteiger partial charge in [-0.3, -0.25) is 13.9 Å². The lowest BCUT2D eigenvalue weighted by atomic mass is 10.1. The van der Waals surface area contributed by atoms with Crippen LogP contribution in [0.4, 0.5) is 0 Å². The predicted molar refractivity (Wildman–Crippen MR) is 117 cm³/mol. The van der Waals surface area contributed by atoms with Crippen molar-refractivity contribution in [1.29, 1.82) is 5.26 Å². The highest BCUT2D eigenvalue weighted by molar-refractivity contribution is 5.95. The number of fused-ring (bicyclic) bond motifs is 1. The van der Waals surface area contributed by atoms with Gasteiger partial charge in [-0.15, -0.1) is 0 Å². The van der Waals surface area contributed by atoms with E-state index in [0.717, 1.165) is 22.3 Å². The van der Waals surface area contributed by atoms with E-state index in [2.05, 4.69) is 28.0 Å². The number of nitrogens with two attached hydrogens (primary N) is 1. The molecule has 1 aromatic carbocycles. The Balaban J connectivity index is 1.75. The number of carbonyl (C=O) groups is 1. The minimum absolute atomic E-state index is 0.416. The van der Waals surface area contributed by atoms with Crippen LogP contribution in [0.3, 0.4) is 0 Å². The molecule has 0 radical (unpaired) electrons. The molecule has 2 N–H and O–H groups in total. The molecule has 0 spiro atoms. The molecule has 0 unspecified atom stereocenters. The molecule has 4 aromatic rings. The van der Waals surface area contributed by atoms with Crippen molar-refractivity contribution >= 4 is 17.6 Å². The van der Waals surface area contributed by atoms with Gasteiger partial charge in [0.25, 0.3) is 0 Å². The molecule has 1 amide bonds. The first kappa shape index (κ1) is 19.7. The van der Waals surface area contributed by atoms with Gasteiger partial charge in [0.1, 0.15) is 17.4 Å². The Morgan fingerprint density at radius 1 is 1.10 bits per heavy atom. The number of amides is 1. The summed E-state index contributed by atoms with van der Waals surface area (Å²) >= 11 is 0. The lowest BCUT2D eigenvalue weighted by Gasteiger charge is -2.04. The summed E-state index contributed by atoms with van der Waals surface area (Å²) in [6.45, 7) is 1.68. The normalized spacial score (nSPS) is 11.1. The van der Waals surface area contributed by atoms with Gasteiger partial charge in [0.2, 0.25) is 5.91 Å². The van der Waals surface area contributed by atoms with Gasteiger partial charge in [0, 0.05) is 29.9 Å². The standard InChI is InChI=1S/C24H18N6O/c1-16(24(26)31)9-18-5-3-17(4-6-18)7-8-21-10-19(20-13-28-29(2)15-20)11-23-27-14-22(12-25)30(21)23/h3-6,9-11,13-15H,1-2H3,(H2,26,31). The number of benzene rings is 1. The highest BCUT2D eigenvalue weighted by Gasteiger charge is 2.10. The molecule has 0 atom stereocenters. The maximum atomic E-state index is 11.2. The molecule has 7 nitrogen and oxygen atoms in total. The number of rotatable bonds is 3. The molecule has 31 heavy (non-hydrogen) atoms. The lowest BCUT2D eigenvalue weighted by molar-refractivity contribution is -0.114. The number of hydrogen-bond acceptors (Lipinski definition) is 4. The van der Waals surface area contributed by atoms with Crippen molar-refractivity contribution in [3.63, 3.8) is 0 Å². The summed E-state index contributed by atoms with van der Waals surface area (Å²) in [5, 5.41) is 13.7. The molecule has 0 saturated carbocycles. The first-order valence-corrected chi connectivity index (χ1v) is 9.45. The number of hydrogen-bond donors (Lipinski definition) is 1. The zero-order chi connectivity index (χ0) is 22.0. The third-order valence-corrected chi connectivity index (χ3v) is 4.78. The second-order valence-electron chi connectivity index (χ2n) is 7.04. The van der Waals surface area contributed by atoms with Crippen LogP contribution >= 0.6 is 0 Å². The van der Waals surface area contributed by atoms with E-state index in [0.29, 0.717) is 22.6 Å². The van der Waals surface area contributed by atoms with Crippen molar-refractivity contribution in [3.8, 4) is 29.0 Å². The zero-order valence-electron chi connectivity index (χ0n) is 17.0. The number of nitrogens with zero attached hydrogens (tertiary/aromatic N) is 5. The Morgan fingerprint density at radius 2 is 1.87 bits per heavy atom. The fourth-order valence-corrected chi connectivity index (χ4v) is 3.14. The first-order chi connectivity index (χ1) is 14.9. The average Bonchev–Trinajstić information content (AvgIpc) is 3.38. The summed E-state index contributed by atoms with van der Waals surface area (Å²) in [6, 6.07) is 13.5. The van der Waals surface area contributed by atoms with E-state index in [4.69, 9.17) is 5.73 Å². The lowest BCUT2D eigenvalue weighted by Crippen LogP contribution is -2.11. The Morgan fingerprint density at radius 3 is 2.52 bits per heavy atom. The molecule has 0 aliphatic carbocycles. The molecule has 0 aliphatic rings. The molecule has 3 heterocycles. The van der Waals surface area contributed by atoms with E-state index in [1.54, 1.807) is 28.3 Å². The van der Waals surface area contributed by atoms with Crippen molar-refractivity contribution in [2.24, 2.45) is 12.8 Å². The summed E-state index contributed by atoms with van der Waals surface area (Å²) in [5.41, 5.74) is 11.0. The molecule has 3 aromatic heterocycles. The second-order valence-corrected chi connectivity index (χ2v) is 7.04. The van der Waals surface area contributed by atoms with E-state index < -0.39 is 5.91 Å². The zero-order valence-corrected chi connectivity index (χ0v) is 17.0. The Bertz CT molecular complexity index is 1440. The summed E-state index contributed by atoms with van der Waals surface area (Å²) < 4.78 is 3.47. The summed E-state index contributed by atoms with van der Waals surface area (Å²) in [5.74, 6) is 5.86. The monoisotopic (exact) mass is 406 g/mol. The predicted octanol–water partition coefficient (Wildman–Crippen LogP) is 2.89. The maximum absolute atomic E-state index is 11.2. The molecule has 0 saturated heterocycles. The molecule has 0 aliphatic heterocycles. The van der Waals surface area contributed by atoms with Crippen LogP contribution < -0.4 is 5.73 Å². The Labute approximate surface area is 179 Å². The molecular weight excluding hydrogens is 388 g/mol. The number of imidazole rings is 1. The van der Waals surface area contributed by atoms with Crippen LogP contribution in [0.2, 0.25) is 0 Å². The van der Waals surface area contributed by atoms with Gasteiger partial charge in [-0.1, -0.05) is 18.1 Å². The molecule has 0 bridgehead atoms. The van der Waals surface area contributed by atoms with Gasteiger partial charge in [0.15, 0.2) is 0 Å². The summed E-state index contributed by atoms with van der Waals surface area (Å²) in [7, 11) is 1.86. The van der Waals surface area contributed by atoms with Crippen LogP contribution in [0.25, 0.3) is 22.9 Å². The highest BCUT2D eigenvalue weighted by Crippen LogP contribution is 2.23. The fourth-order valence-electron chi connectivity index (χ4n) is 3.14. The van der Waals surface area contributed by atoms with Gasteiger partial charge in [-0.2, -0.15) is 10.4 Å². The molecule has 0 fully saturated rings. The Hall–Kier alpha value is -4.62. The van der Waals surface area contributed by atoms with Crippen LogP contribution in [0.15, 0.2) is 60.6 Å². The number of nitriles is 1. The van der Waals surface area contributed by atoms with E-state index in [-0.39, 0.29) is 0 Å². The molecular formula is C24H18N6O. The van der Waals surface area contributed by atoms with Gasteiger partial charge in [-0.25, -0.2) is 4.98 Å². The van der Waals surface area contributed by atoms with E-state index >= 15 is 0 Å². The number of carbonyl (C=O) groups excluding carboxylic acids is 1. The van der Waals surface area contributed by atoms with Crippen molar-refractivity contribution in [1.82, 2.24) is 19.2 Å². The third kappa shape index (κ3) is 4.07. The van der Waals surface area contributed by atoms with Gasteiger partial charge < -0.3 is 5.73 Å². The number of pyridine rings is 1. The third-order valence-electron chi connectivity index (χ3n) is 4.78. The summed E-state index contributed by atoms with van der Waals surface area (Å²) in [6.07, 6.45) is 6.95. The van der Waals surface area contributed by atoms with Crippen molar-refractivity contribution in [2.45, 2.75) is 6.92 Å². The molecule has 7 heteroatoms. The van der Waals surface area contributed by atoms with Crippen LogP contribution in [0.5, 0.6) is 0 Å². The quantitative estimate of drug-likeness (QED) is 0.417. The topological polar surface area (TPSA) is 102 Å². The number of aromatic nitrogens is 4. The van der Waals surface area contributed by atoms with Crippen LogP contribution in [0.1, 0.15) is 29.4 Å². The fraction of sp³-hybridized carbons (Fsp3) is 0.0833. The smallest absolute Gasteiger partial charge is 0.244 e. The van der Waals surface area contributed by atoms with Crippen LogP contribution in [-0.4, -0.2) is 25.1 Å². The SMILES string of the molecule is CC(=Cc1ccc(C#Cc2cc(-c3cnn(C)c3)cc3ncc(C#N)n23)cc1)C(N)=O. The van der Waals surface area contributed by atoms with Crippen molar-refractivity contribution < 1.29 is 4.79 Å². The highest BCUT2D eigenvalue weighted by atomic mass is 16.1. The van der Waals surface area contributed by atoms with Crippen molar-refractivity contribution in [3.05, 3.63) is 83.1 Å².